The van der Waals surface area contributed by atoms with E-state index in [1.54, 1.807) is 0 Å². The predicted molar refractivity (Wildman–Crippen MR) is 92.2 cm³/mol. The summed E-state index contributed by atoms with van der Waals surface area (Å²) < 4.78 is 6.69. The molecule has 0 bridgehead atoms. The summed E-state index contributed by atoms with van der Waals surface area (Å²) in [7, 11) is 0. The molecule has 22 heavy (non-hydrogen) atoms. The fourth-order valence-electron chi connectivity index (χ4n) is 2.17. The van der Waals surface area contributed by atoms with E-state index in [1.807, 2.05) is 42.5 Å². The first kappa shape index (κ1) is 16.6. The summed E-state index contributed by atoms with van der Waals surface area (Å²) in [6, 6.07) is 15.7. The molecule has 2 aromatic rings. The van der Waals surface area contributed by atoms with Crippen LogP contribution in [0.15, 0.2) is 53.0 Å². The molecular weight excluding hydrogens is 342 g/mol. The second-order valence-electron chi connectivity index (χ2n) is 4.93. The number of nitrogens with one attached hydrogen (secondary N) is 1. The van der Waals surface area contributed by atoms with Gasteiger partial charge in [-0.1, -0.05) is 59.3 Å². The van der Waals surface area contributed by atoms with Crippen LogP contribution in [0.5, 0.6) is 5.75 Å². The summed E-state index contributed by atoms with van der Waals surface area (Å²) in [5, 5.41) is 2.88. The van der Waals surface area contributed by atoms with Gasteiger partial charge in [-0.2, -0.15) is 0 Å². The van der Waals surface area contributed by atoms with Crippen LogP contribution < -0.4 is 10.1 Å². The number of ether oxygens (including phenoxy) is 1. The minimum Gasteiger partial charge on any atom is -0.491 e. The number of para-hydroxylation sites is 1. The van der Waals surface area contributed by atoms with E-state index in [1.165, 1.54) is 5.56 Å². The number of hydrogen-bond acceptors (Lipinski definition) is 2. The summed E-state index contributed by atoms with van der Waals surface area (Å²) in [4.78, 5) is 11.9. The van der Waals surface area contributed by atoms with Crippen LogP contribution >= 0.6 is 15.9 Å². The predicted octanol–water partition coefficient (Wildman–Crippen LogP) is 3.75. The normalized spacial score (nSPS) is 10.3. The van der Waals surface area contributed by atoms with Gasteiger partial charge in [-0.3, -0.25) is 4.79 Å². The lowest BCUT2D eigenvalue weighted by Crippen LogP contribution is -2.29. The molecule has 0 aliphatic rings. The molecule has 0 aliphatic heterocycles. The Bertz CT molecular complexity index is 628. The summed E-state index contributed by atoms with van der Waals surface area (Å²) in [5.74, 6) is 0.893. The molecule has 2 aromatic carbocycles. The first-order valence-corrected chi connectivity index (χ1v) is 8.20. The van der Waals surface area contributed by atoms with Crippen molar-refractivity contribution in [2.45, 2.75) is 19.8 Å². The smallest absolute Gasteiger partial charge is 0.224 e. The Morgan fingerprint density at radius 1 is 1.09 bits per heavy atom. The van der Waals surface area contributed by atoms with Crippen LogP contribution in [0.4, 0.5) is 0 Å². The molecule has 1 N–H and O–H groups in total. The van der Waals surface area contributed by atoms with Crippen molar-refractivity contribution in [2.75, 3.05) is 13.2 Å². The maximum absolute atomic E-state index is 11.9. The molecule has 0 saturated carbocycles. The van der Waals surface area contributed by atoms with Crippen molar-refractivity contribution in [3.63, 3.8) is 0 Å². The highest BCUT2D eigenvalue weighted by molar-refractivity contribution is 9.10. The van der Waals surface area contributed by atoms with Gasteiger partial charge >= 0.3 is 0 Å². The van der Waals surface area contributed by atoms with Crippen molar-refractivity contribution >= 4 is 21.8 Å². The maximum Gasteiger partial charge on any atom is 0.224 e. The molecule has 0 fully saturated rings. The average Bonchev–Trinajstić information content (AvgIpc) is 2.54. The van der Waals surface area contributed by atoms with E-state index in [0.29, 0.717) is 19.6 Å². The second kappa shape index (κ2) is 8.59. The van der Waals surface area contributed by atoms with Gasteiger partial charge in [-0.25, -0.2) is 0 Å². The fourth-order valence-corrected chi connectivity index (χ4v) is 2.59. The van der Waals surface area contributed by atoms with Gasteiger partial charge in [0.1, 0.15) is 12.4 Å². The van der Waals surface area contributed by atoms with Crippen LogP contribution in [0.25, 0.3) is 0 Å². The van der Waals surface area contributed by atoms with Gasteiger partial charge in [-0.05, 0) is 29.7 Å². The van der Waals surface area contributed by atoms with E-state index in [9.17, 15) is 4.79 Å². The molecule has 0 heterocycles. The molecule has 0 spiro atoms. The minimum absolute atomic E-state index is 0.000670. The van der Waals surface area contributed by atoms with Gasteiger partial charge in [0.25, 0.3) is 0 Å². The van der Waals surface area contributed by atoms with E-state index in [0.717, 1.165) is 22.2 Å². The van der Waals surface area contributed by atoms with Crippen molar-refractivity contribution in [3.05, 3.63) is 64.1 Å². The highest BCUT2D eigenvalue weighted by atomic mass is 79.9. The van der Waals surface area contributed by atoms with Crippen LogP contribution in [-0.4, -0.2) is 19.1 Å². The van der Waals surface area contributed by atoms with E-state index < -0.39 is 0 Å². The number of aryl methyl sites for hydroxylation is 1. The topological polar surface area (TPSA) is 38.3 Å². The summed E-state index contributed by atoms with van der Waals surface area (Å²) in [6.45, 7) is 3.07. The molecule has 0 radical (unpaired) electrons. The first-order valence-electron chi connectivity index (χ1n) is 7.41. The number of carbonyl (C=O) groups excluding carboxylic acids is 1. The molecule has 0 atom stereocenters. The van der Waals surface area contributed by atoms with Gasteiger partial charge in [0.15, 0.2) is 0 Å². The lowest BCUT2D eigenvalue weighted by atomic mass is 10.1. The largest absolute Gasteiger partial charge is 0.491 e. The number of hydrogen-bond donors (Lipinski definition) is 1. The molecular formula is C18H20BrNO2. The molecule has 4 heteroatoms. The number of carbonyl (C=O) groups is 1. The Morgan fingerprint density at radius 2 is 1.77 bits per heavy atom. The average molecular weight is 362 g/mol. The van der Waals surface area contributed by atoms with E-state index >= 15 is 0 Å². The van der Waals surface area contributed by atoms with Crippen molar-refractivity contribution < 1.29 is 9.53 Å². The lowest BCUT2D eigenvalue weighted by molar-refractivity contribution is -0.120. The van der Waals surface area contributed by atoms with Crippen molar-refractivity contribution in [2.24, 2.45) is 0 Å². The SMILES string of the molecule is CCc1ccccc1OCCNC(=O)Cc1ccccc1Br. The molecule has 116 valence electrons. The molecule has 0 saturated heterocycles. The molecule has 2 rings (SSSR count). The quantitative estimate of drug-likeness (QED) is 0.762. The van der Waals surface area contributed by atoms with Crippen LogP contribution in [0.2, 0.25) is 0 Å². The van der Waals surface area contributed by atoms with Crippen molar-refractivity contribution in [3.8, 4) is 5.75 Å². The zero-order valence-corrected chi connectivity index (χ0v) is 14.2. The van der Waals surface area contributed by atoms with Crippen LogP contribution in [0, 0.1) is 0 Å². The van der Waals surface area contributed by atoms with Crippen molar-refractivity contribution in [1.82, 2.24) is 5.32 Å². The number of benzene rings is 2. The highest BCUT2D eigenvalue weighted by Gasteiger charge is 2.06. The third-order valence-electron chi connectivity index (χ3n) is 3.34. The van der Waals surface area contributed by atoms with Gasteiger partial charge in [0, 0.05) is 4.47 Å². The molecule has 0 aliphatic carbocycles. The number of halogens is 1. The van der Waals surface area contributed by atoms with Crippen LogP contribution in [0.3, 0.4) is 0 Å². The Morgan fingerprint density at radius 3 is 2.50 bits per heavy atom. The van der Waals surface area contributed by atoms with Gasteiger partial charge in [0.05, 0.1) is 13.0 Å². The van der Waals surface area contributed by atoms with Crippen LogP contribution in [-0.2, 0) is 17.6 Å². The lowest BCUT2D eigenvalue weighted by Gasteiger charge is -2.11. The Kier molecular flexibility index (Phi) is 6.46. The standard InChI is InChI=1S/C18H20BrNO2/c1-2-14-7-4-6-10-17(14)22-12-11-20-18(21)13-15-8-3-5-9-16(15)19/h3-10H,2,11-13H2,1H3,(H,20,21). The minimum atomic E-state index is -0.000670. The zero-order valence-electron chi connectivity index (χ0n) is 12.6. The monoisotopic (exact) mass is 361 g/mol. The van der Waals surface area contributed by atoms with Crippen molar-refractivity contribution in [1.29, 1.82) is 0 Å². The summed E-state index contributed by atoms with van der Waals surface area (Å²) in [5.41, 5.74) is 2.17. The van der Waals surface area contributed by atoms with Gasteiger partial charge in [0.2, 0.25) is 5.91 Å². The highest BCUT2D eigenvalue weighted by Crippen LogP contribution is 2.18. The number of rotatable bonds is 7. The van der Waals surface area contributed by atoms with E-state index in [4.69, 9.17) is 4.74 Å². The zero-order chi connectivity index (χ0) is 15.8. The Balaban J connectivity index is 1.75. The second-order valence-corrected chi connectivity index (χ2v) is 5.78. The summed E-state index contributed by atoms with van der Waals surface area (Å²) >= 11 is 3.45. The fraction of sp³-hybridized carbons (Fsp3) is 0.278. The third kappa shape index (κ3) is 4.88. The molecule has 0 aromatic heterocycles. The van der Waals surface area contributed by atoms with Gasteiger partial charge < -0.3 is 10.1 Å². The number of amides is 1. The van der Waals surface area contributed by atoms with E-state index in [2.05, 4.69) is 34.2 Å². The Hall–Kier alpha value is -1.81. The van der Waals surface area contributed by atoms with E-state index in [-0.39, 0.29) is 5.91 Å². The Labute approximate surface area is 139 Å². The molecule has 0 unspecified atom stereocenters. The third-order valence-corrected chi connectivity index (χ3v) is 4.12. The first-order chi connectivity index (χ1) is 10.7. The summed E-state index contributed by atoms with van der Waals surface area (Å²) in [6.07, 6.45) is 1.30. The molecule has 3 nitrogen and oxygen atoms in total. The van der Waals surface area contributed by atoms with Crippen LogP contribution in [0.1, 0.15) is 18.1 Å². The maximum atomic E-state index is 11.9. The molecule has 1 amide bonds. The van der Waals surface area contributed by atoms with Gasteiger partial charge in [-0.15, -0.1) is 0 Å².